The Morgan fingerprint density at radius 2 is 1.71 bits per heavy atom. The summed E-state index contributed by atoms with van der Waals surface area (Å²) in [6, 6.07) is 0. The van der Waals surface area contributed by atoms with Gasteiger partial charge in [-0.2, -0.15) is 0 Å². The average Bonchev–Trinajstić information content (AvgIpc) is 2.17. The zero-order valence-electron chi connectivity index (χ0n) is 9.55. The molecule has 0 aromatic heterocycles. The fourth-order valence-electron chi connectivity index (χ4n) is 1.14. The SMILES string of the molecule is O=[N+]([O-])C1=CC([N+](=O)[O-])([N+](=O)[O-])C=CC1O.[H-].[Na+]. The molecule has 11 heteroatoms. The Morgan fingerprint density at radius 3 is 2.06 bits per heavy atom. The van der Waals surface area contributed by atoms with Crippen LogP contribution in [0.4, 0.5) is 0 Å². The third-order valence-corrected chi connectivity index (χ3v) is 1.98. The Labute approximate surface area is 117 Å². The van der Waals surface area contributed by atoms with Gasteiger partial charge in [-0.3, -0.25) is 30.3 Å². The molecule has 17 heavy (non-hydrogen) atoms. The molecule has 0 heterocycles. The molecule has 0 fully saturated rings. The van der Waals surface area contributed by atoms with Crippen molar-refractivity contribution in [2.45, 2.75) is 11.8 Å². The van der Waals surface area contributed by atoms with Gasteiger partial charge in [-0.05, 0) is 6.08 Å². The molecule has 0 aromatic rings. The second-order valence-corrected chi connectivity index (χ2v) is 2.93. The number of rotatable bonds is 3. The minimum absolute atomic E-state index is 0. The van der Waals surface area contributed by atoms with E-state index in [0.29, 0.717) is 12.2 Å². The Hall–Kier alpha value is -1.36. The standard InChI is InChI=1S/C6H5N3O7.Na.H/c10-5-1-2-6(8(13)14,9(15)16)3-4(5)7(11)12;;/h1-3,5,10H;;/q;+1;-1. The van der Waals surface area contributed by atoms with Gasteiger partial charge in [0, 0.05) is 0 Å². The summed E-state index contributed by atoms with van der Waals surface area (Å²) in [5.74, 6) is 0. The smallest absolute Gasteiger partial charge is 1.00 e. The number of hydrogen-bond acceptors (Lipinski definition) is 7. The molecule has 88 valence electrons. The first-order valence-electron chi connectivity index (χ1n) is 3.85. The second kappa shape index (κ2) is 5.31. The van der Waals surface area contributed by atoms with Crippen LogP contribution in [0.3, 0.4) is 0 Å². The topological polar surface area (TPSA) is 150 Å². The van der Waals surface area contributed by atoms with E-state index in [9.17, 15) is 30.3 Å². The summed E-state index contributed by atoms with van der Waals surface area (Å²) in [4.78, 5) is 27.8. The van der Waals surface area contributed by atoms with E-state index in [-0.39, 0.29) is 37.1 Å². The van der Waals surface area contributed by atoms with Crippen LogP contribution in [0, 0.1) is 30.3 Å². The molecule has 0 saturated carbocycles. The fraction of sp³-hybridized carbons (Fsp3) is 0.333. The van der Waals surface area contributed by atoms with Crippen LogP contribution < -0.4 is 29.6 Å². The fourth-order valence-corrected chi connectivity index (χ4v) is 1.14. The van der Waals surface area contributed by atoms with Crippen molar-refractivity contribution in [1.29, 1.82) is 0 Å². The van der Waals surface area contributed by atoms with Gasteiger partial charge in [0.2, 0.25) is 0 Å². The first-order valence-corrected chi connectivity index (χ1v) is 3.85. The Bertz CT molecular complexity index is 423. The molecule has 0 amide bonds. The number of nitro groups is 3. The zero-order chi connectivity index (χ0) is 12.5. The van der Waals surface area contributed by atoms with E-state index in [4.69, 9.17) is 5.11 Å². The first-order chi connectivity index (χ1) is 7.31. The maximum atomic E-state index is 10.6. The molecular formula is C6H6N3NaO7. The predicted octanol–water partition coefficient (Wildman–Crippen LogP) is -3.56. The zero-order valence-corrected chi connectivity index (χ0v) is 10.5. The summed E-state index contributed by atoms with van der Waals surface area (Å²) in [7, 11) is 0. The molecule has 0 spiro atoms. The normalized spacial score (nSPS) is 21.0. The van der Waals surface area contributed by atoms with Crippen LogP contribution in [0.1, 0.15) is 1.43 Å². The van der Waals surface area contributed by atoms with Gasteiger partial charge in [0.05, 0.1) is 11.0 Å². The van der Waals surface area contributed by atoms with E-state index in [2.05, 4.69) is 0 Å². The average molecular weight is 255 g/mol. The molecule has 1 aliphatic rings. The molecule has 0 saturated heterocycles. The second-order valence-electron chi connectivity index (χ2n) is 2.93. The quantitative estimate of drug-likeness (QED) is 0.180. The number of aliphatic hydroxyl groups excluding tert-OH is 1. The predicted molar refractivity (Wildman–Crippen MR) is 48.1 cm³/mol. The van der Waals surface area contributed by atoms with Crippen molar-refractivity contribution < 1.29 is 50.9 Å². The maximum Gasteiger partial charge on any atom is 1.00 e. The van der Waals surface area contributed by atoms with Gasteiger partial charge in [-0.15, -0.1) is 0 Å². The summed E-state index contributed by atoms with van der Waals surface area (Å²) in [6.07, 6.45) is -0.325. The van der Waals surface area contributed by atoms with Crippen LogP contribution in [0.15, 0.2) is 23.9 Å². The van der Waals surface area contributed by atoms with Gasteiger partial charge in [0.15, 0.2) is 12.2 Å². The molecular weight excluding hydrogens is 249 g/mol. The third-order valence-electron chi connectivity index (χ3n) is 1.98. The molecule has 1 aliphatic carbocycles. The summed E-state index contributed by atoms with van der Waals surface area (Å²) >= 11 is 0. The van der Waals surface area contributed by atoms with Crippen LogP contribution in [0.2, 0.25) is 0 Å². The summed E-state index contributed by atoms with van der Waals surface area (Å²) in [5, 5.41) is 40.6. The van der Waals surface area contributed by atoms with Crippen LogP contribution in [0.25, 0.3) is 0 Å². The third kappa shape index (κ3) is 2.66. The van der Waals surface area contributed by atoms with E-state index in [1.807, 2.05) is 0 Å². The van der Waals surface area contributed by atoms with E-state index >= 15 is 0 Å². The van der Waals surface area contributed by atoms with Crippen LogP contribution in [-0.4, -0.2) is 31.6 Å². The van der Waals surface area contributed by atoms with Gasteiger partial charge >= 0.3 is 35.2 Å². The molecule has 0 aromatic carbocycles. The summed E-state index contributed by atoms with van der Waals surface area (Å²) in [5.41, 5.74) is -3.88. The van der Waals surface area contributed by atoms with Crippen molar-refractivity contribution in [1.82, 2.24) is 0 Å². The molecule has 0 bridgehead atoms. The largest absolute Gasteiger partial charge is 1.00 e. The van der Waals surface area contributed by atoms with E-state index in [1.165, 1.54) is 0 Å². The van der Waals surface area contributed by atoms with E-state index < -0.39 is 32.2 Å². The number of nitrogens with zero attached hydrogens (tertiary/aromatic N) is 3. The molecule has 1 unspecified atom stereocenters. The van der Waals surface area contributed by atoms with Crippen molar-refractivity contribution >= 4 is 0 Å². The van der Waals surface area contributed by atoms with Gasteiger partial charge in [0.25, 0.3) is 5.70 Å². The maximum absolute atomic E-state index is 10.6. The summed E-state index contributed by atoms with van der Waals surface area (Å²) < 4.78 is 0. The van der Waals surface area contributed by atoms with Crippen molar-refractivity contribution in [3.8, 4) is 0 Å². The van der Waals surface area contributed by atoms with Crippen molar-refractivity contribution in [3.05, 3.63) is 54.3 Å². The van der Waals surface area contributed by atoms with E-state index in [1.54, 1.807) is 0 Å². The van der Waals surface area contributed by atoms with Gasteiger partial charge < -0.3 is 6.53 Å². The Balaban J connectivity index is 0. The molecule has 1 rings (SSSR count). The molecule has 1 N–H and O–H groups in total. The molecule has 0 radical (unpaired) electrons. The van der Waals surface area contributed by atoms with Gasteiger partial charge in [-0.1, -0.05) is 0 Å². The Kier molecular flexibility index (Phi) is 4.89. The molecule has 10 nitrogen and oxygen atoms in total. The monoisotopic (exact) mass is 255 g/mol. The summed E-state index contributed by atoms with van der Waals surface area (Å²) in [6.45, 7) is 0. The minimum atomic E-state index is -2.89. The van der Waals surface area contributed by atoms with Gasteiger partial charge in [0.1, 0.15) is 9.85 Å². The van der Waals surface area contributed by atoms with Gasteiger partial charge in [-0.25, -0.2) is 0 Å². The number of aliphatic hydroxyl groups is 1. The number of hydrogen-bond donors (Lipinski definition) is 1. The molecule has 0 aliphatic heterocycles. The minimum Gasteiger partial charge on any atom is -1.00 e. The van der Waals surface area contributed by atoms with Crippen LogP contribution in [0.5, 0.6) is 0 Å². The van der Waals surface area contributed by atoms with Crippen molar-refractivity contribution in [3.63, 3.8) is 0 Å². The first kappa shape index (κ1) is 15.6. The van der Waals surface area contributed by atoms with E-state index in [0.717, 1.165) is 0 Å². The van der Waals surface area contributed by atoms with Crippen molar-refractivity contribution in [2.24, 2.45) is 0 Å². The van der Waals surface area contributed by atoms with Crippen molar-refractivity contribution in [2.75, 3.05) is 0 Å². The van der Waals surface area contributed by atoms with Crippen LogP contribution >= 0.6 is 0 Å². The Morgan fingerprint density at radius 1 is 1.24 bits per heavy atom. The molecule has 1 atom stereocenters. The van der Waals surface area contributed by atoms with Crippen LogP contribution in [-0.2, 0) is 0 Å².